The van der Waals surface area contributed by atoms with Gasteiger partial charge in [-0.15, -0.1) is 0 Å². The van der Waals surface area contributed by atoms with Crippen LogP contribution in [0.1, 0.15) is 45.1 Å². The second-order valence-electron chi connectivity index (χ2n) is 7.13. The number of hydrogen-bond acceptors (Lipinski definition) is 3. The maximum atomic E-state index is 12.9. The SMILES string of the molecule is CCN(CC)C(=O)C1CCCN1C(=O)NC(CCC(=O)O)Cc1ccccc1. The molecule has 154 valence electrons. The van der Waals surface area contributed by atoms with Gasteiger partial charge in [0.2, 0.25) is 5.91 Å². The van der Waals surface area contributed by atoms with E-state index in [1.165, 1.54) is 0 Å². The molecule has 2 unspecified atom stereocenters. The fraction of sp³-hybridized carbons (Fsp3) is 0.571. The van der Waals surface area contributed by atoms with Crippen LogP contribution in [0, 0.1) is 0 Å². The zero-order chi connectivity index (χ0) is 20.5. The minimum atomic E-state index is -0.886. The molecule has 0 saturated carbocycles. The van der Waals surface area contributed by atoms with Gasteiger partial charge in [-0.05, 0) is 45.1 Å². The quantitative estimate of drug-likeness (QED) is 0.679. The van der Waals surface area contributed by atoms with Crippen LogP contribution in [-0.2, 0) is 16.0 Å². The van der Waals surface area contributed by atoms with Crippen molar-refractivity contribution in [3.8, 4) is 0 Å². The van der Waals surface area contributed by atoms with Crippen LogP contribution in [0.3, 0.4) is 0 Å². The maximum absolute atomic E-state index is 12.9. The number of urea groups is 1. The summed E-state index contributed by atoms with van der Waals surface area (Å²) in [7, 11) is 0. The number of aliphatic carboxylic acids is 1. The molecule has 0 radical (unpaired) electrons. The number of likely N-dealkylation sites (tertiary alicyclic amines) is 1. The Labute approximate surface area is 166 Å². The van der Waals surface area contributed by atoms with Gasteiger partial charge in [0.1, 0.15) is 6.04 Å². The first kappa shape index (κ1) is 21.7. The van der Waals surface area contributed by atoms with E-state index < -0.39 is 12.0 Å². The minimum absolute atomic E-state index is 0.0113. The number of rotatable bonds is 9. The predicted octanol–water partition coefficient (Wildman–Crippen LogP) is 2.50. The van der Waals surface area contributed by atoms with Crippen LogP contribution in [0.5, 0.6) is 0 Å². The van der Waals surface area contributed by atoms with Gasteiger partial charge in [0.15, 0.2) is 0 Å². The number of nitrogens with zero attached hydrogens (tertiary/aromatic N) is 2. The molecule has 0 spiro atoms. The number of hydrogen-bond donors (Lipinski definition) is 2. The summed E-state index contributed by atoms with van der Waals surface area (Å²) in [4.78, 5) is 40.0. The average Bonchev–Trinajstić information content (AvgIpc) is 3.17. The van der Waals surface area contributed by atoms with Gasteiger partial charge in [0, 0.05) is 32.1 Å². The number of carbonyl (C=O) groups is 3. The van der Waals surface area contributed by atoms with E-state index >= 15 is 0 Å². The first-order valence-corrected chi connectivity index (χ1v) is 10.1. The summed E-state index contributed by atoms with van der Waals surface area (Å²) in [5.74, 6) is -0.897. The molecule has 1 aromatic rings. The van der Waals surface area contributed by atoms with Crippen LogP contribution in [0.2, 0.25) is 0 Å². The molecule has 1 saturated heterocycles. The van der Waals surface area contributed by atoms with Crippen LogP contribution in [0.15, 0.2) is 30.3 Å². The van der Waals surface area contributed by atoms with E-state index in [0.717, 1.165) is 12.0 Å². The third-order valence-corrected chi connectivity index (χ3v) is 5.23. The number of benzene rings is 1. The van der Waals surface area contributed by atoms with E-state index in [4.69, 9.17) is 5.11 Å². The molecule has 28 heavy (non-hydrogen) atoms. The van der Waals surface area contributed by atoms with Crippen molar-refractivity contribution in [1.82, 2.24) is 15.1 Å². The zero-order valence-corrected chi connectivity index (χ0v) is 16.8. The van der Waals surface area contributed by atoms with E-state index in [1.807, 2.05) is 44.2 Å². The van der Waals surface area contributed by atoms with Crippen molar-refractivity contribution in [2.75, 3.05) is 19.6 Å². The standard InChI is InChI=1S/C21H31N3O4/c1-3-23(4-2)20(27)18-11-8-14-24(18)21(28)22-17(12-13-19(25)26)15-16-9-6-5-7-10-16/h5-7,9-10,17-18H,3-4,8,11-15H2,1-2H3,(H,22,28)(H,25,26). The van der Waals surface area contributed by atoms with Crippen molar-refractivity contribution in [3.63, 3.8) is 0 Å². The Morgan fingerprint density at radius 1 is 1.21 bits per heavy atom. The maximum Gasteiger partial charge on any atom is 0.318 e. The van der Waals surface area contributed by atoms with E-state index in [9.17, 15) is 14.4 Å². The molecule has 2 N–H and O–H groups in total. The summed E-state index contributed by atoms with van der Waals surface area (Å²) >= 11 is 0. The third-order valence-electron chi connectivity index (χ3n) is 5.23. The van der Waals surface area contributed by atoms with E-state index in [2.05, 4.69) is 5.32 Å². The Morgan fingerprint density at radius 3 is 2.50 bits per heavy atom. The molecule has 0 aliphatic carbocycles. The molecule has 2 atom stereocenters. The van der Waals surface area contributed by atoms with Crippen molar-refractivity contribution in [3.05, 3.63) is 35.9 Å². The number of amides is 3. The average molecular weight is 389 g/mol. The van der Waals surface area contributed by atoms with Crippen molar-refractivity contribution in [2.24, 2.45) is 0 Å². The Kier molecular flexibility index (Phi) is 8.29. The highest BCUT2D eigenvalue weighted by Crippen LogP contribution is 2.20. The summed E-state index contributed by atoms with van der Waals surface area (Å²) < 4.78 is 0. The molecule has 7 nitrogen and oxygen atoms in total. The van der Waals surface area contributed by atoms with E-state index in [1.54, 1.807) is 9.80 Å². The molecule has 1 heterocycles. The molecule has 2 rings (SSSR count). The van der Waals surface area contributed by atoms with Crippen molar-refractivity contribution < 1.29 is 19.5 Å². The van der Waals surface area contributed by atoms with Gasteiger partial charge in [0.05, 0.1) is 0 Å². The highest BCUT2D eigenvalue weighted by atomic mass is 16.4. The summed E-state index contributed by atoms with van der Waals surface area (Å²) in [6.07, 6.45) is 2.35. The molecule has 0 bridgehead atoms. The predicted molar refractivity (Wildman–Crippen MR) is 107 cm³/mol. The number of likely N-dealkylation sites (N-methyl/N-ethyl adjacent to an activating group) is 1. The van der Waals surface area contributed by atoms with Crippen molar-refractivity contribution in [1.29, 1.82) is 0 Å². The number of carboxylic acids is 1. The summed E-state index contributed by atoms with van der Waals surface area (Å²) in [6.45, 7) is 5.65. The minimum Gasteiger partial charge on any atom is -0.481 e. The van der Waals surface area contributed by atoms with E-state index in [-0.39, 0.29) is 24.4 Å². The Morgan fingerprint density at radius 2 is 1.89 bits per heavy atom. The molecule has 1 aliphatic rings. The first-order valence-electron chi connectivity index (χ1n) is 10.1. The van der Waals surface area contributed by atoms with Crippen LogP contribution >= 0.6 is 0 Å². The van der Waals surface area contributed by atoms with Gasteiger partial charge in [-0.25, -0.2) is 4.79 Å². The van der Waals surface area contributed by atoms with Crippen LogP contribution < -0.4 is 5.32 Å². The smallest absolute Gasteiger partial charge is 0.318 e. The van der Waals surface area contributed by atoms with Crippen LogP contribution in [0.4, 0.5) is 4.79 Å². The second-order valence-corrected chi connectivity index (χ2v) is 7.13. The van der Waals surface area contributed by atoms with Crippen LogP contribution in [0.25, 0.3) is 0 Å². The van der Waals surface area contributed by atoms with Crippen LogP contribution in [-0.4, -0.2) is 64.5 Å². The van der Waals surface area contributed by atoms with Gasteiger partial charge in [-0.1, -0.05) is 30.3 Å². The summed E-state index contributed by atoms with van der Waals surface area (Å²) in [5, 5.41) is 12.0. The monoisotopic (exact) mass is 389 g/mol. The highest BCUT2D eigenvalue weighted by molar-refractivity contribution is 5.87. The lowest BCUT2D eigenvalue weighted by molar-refractivity contribution is -0.137. The largest absolute Gasteiger partial charge is 0.481 e. The number of nitrogens with one attached hydrogen (secondary N) is 1. The lowest BCUT2D eigenvalue weighted by atomic mass is 10.0. The molecule has 1 aliphatic heterocycles. The van der Waals surface area contributed by atoms with Gasteiger partial charge in [-0.2, -0.15) is 0 Å². The Bertz CT molecular complexity index is 661. The molecule has 1 fully saturated rings. The Balaban J connectivity index is 2.05. The zero-order valence-electron chi connectivity index (χ0n) is 16.8. The second kappa shape index (κ2) is 10.7. The lowest BCUT2D eigenvalue weighted by Gasteiger charge is -2.30. The molecule has 7 heteroatoms. The van der Waals surface area contributed by atoms with Gasteiger partial charge in [0.25, 0.3) is 0 Å². The number of carbonyl (C=O) groups excluding carboxylic acids is 2. The molecule has 0 aromatic heterocycles. The highest BCUT2D eigenvalue weighted by Gasteiger charge is 2.36. The number of carboxylic acid groups (broad SMARTS) is 1. The van der Waals surface area contributed by atoms with Crippen molar-refractivity contribution in [2.45, 2.75) is 58.0 Å². The lowest BCUT2D eigenvalue weighted by Crippen LogP contribution is -2.52. The molecule has 1 aromatic carbocycles. The topological polar surface area (TPSA) is 90.0 Å². The van der Waals surface area contributed by atoms with E-state index in [0.29, 0.717) is 38.9 Å². The first-order chi connectivity index (χ1) is 13.5. The summed E-state index contributed by atoms with van der Waals surface area (Å²) in [5.41, 5.74) is 1.04. The van der Waals surface area contributed by atoms with Crippen molar-refractivity contribution >= 4 is 17.9 Å². The Hall–Kier alpha value is -2.57. The van der Waals surface area contributed by atoms with Gasteiger partial charge in [-0.3, -0.25) is 9.59 Å². The molecular weight excluding hydrogens is 358 g/mol. The normalized spacial score (nSPS) is 17.2. The fourth-order valence-electron chi connectivity index (χ4n) is 3.69. The third kappa shape index (κ3) is 5.97. The molecule has 3 amide bonds. The summed E-state index contributed by atoms with van der Waals surface area (Å²) in [6, 6.07) is 8.67. The van der Waals surface area contributed by atoms with Gasteiger partial charge < -0.3 is 20.2 Å². The fourth-order valence-corrected chi connectivity index (χ4v) is 3.69. The molecular formula is C21H31N3O4. The van der Waals surface area contributed by atoms with Gasteiger partial charge >= 0.3 is 12.0 Å².